The van der Waals surface area contributed by atoms with Crippen LogP contribution in [0.3, 0.4) is 0 Å². The van der Waals surface area contributed by atoms with E-state index in [2.05, 4.69) is 20.6 Å². The fourth-order valence-corrected chi connectivity index (χ4v) is 2.65. The summed E-state index contributed by atoms with van der Waals surface area (Å²) in [4.78, 5) is 19.7. The smallest absolute Gasteiger partial charge is 0.274 e. The van der Waals surface area contributed by atoms with Crippen LogP contribution in [-0.4, -0.2) is 32.6 Å². The molecule has 3 N–H and O–H groups in total. The van der Waals surface area contributed by atoms with Crippen LogP contribution in [-0.2, 0) is 6.54 Å². The van der Waals surface area contributed by atoms with Crippen molar-refractivity contribution >= 4 is 17.5 Å². The zero-order valence-corrected chi connectivity index (χ0v) is 15.4. The molecule has 8 heteroatoms. The molecule has 0 saturated carbocycles. The summed E-state index contributed by atoms with van der Waals surface area (Å²) in [5.41, 5.74) is 2.23. The predicted octanol–water partition coefficient (Wildman–Crippen LogP) is 3.46. The van der Waals surface area contributed by atoms with Gasteiger partial charge in [0.2, 0.25) is 5.95 Å². The third kappa shape index (κ3) is 4.80. The molecular weight excluding hydrogens is 358 g/mol. The summed E-state index contributed by atoms with van der Waals surface area (Å²) in [6.45, 7) is 2.01. The minimum atomic E-state index is -0.400. The van der Waals surface area contributed by atoms with Crippen LogP contribution < -0.4 is 10.6 Å². The maximum Gasteiger partial charge on any atom is 0.274 e. The highest BCUT2D eigenvalue weighted by Gasteiger charge is 2.13. The number of aromatic nitrogens is 2. The van der Waals surface area contributed by atoms with Gasteiger partial charge in [-0.25, -0.2) is 4.98 Å². The summed E-state index contributed by atoms with van der Waals surface area (Å²) in [5, 5.41) is 26.7. The van der Waals surface area contributed by atoms with Crippen molar-refractivity contribution < 1.29 is 10.0 Å². The maximum absolute atomic E-state index is 11.2. The van der Waals surface area contributed by atoms with E-state index in [0.29, 0.717) is 23.0 Å². The van der Waals surface area contributed by atoms with Crippen LogP contribution >= 0.6 is 0 Å². The van der Waals surface area contributed by atoms with E-state index >= 15 is 0 Å². The first-order valence-electron chi connectivity index (χ1n) is 8.85. The Kier molecular flexibility index (Phi) is 6.13. The van der Waals surface area contributed by atoms with Crippen molar-refractivity contribution in [3.05, 3.63) is 76.3 Å². The van der Waals surface area contributed by atoms with E-state index in [1.165, 1.54) is 6.07 Å². The molecule has 28 heavy (non-hydrogen) atoms. The molecular formula is C20H21N5O3. The van der Waals surface area contributed by atoms with Gasteiger partial charge < -0.3 is 15.7 Å². The number of nitrogens with zero attached hydrogens (tertiary/aromatic N) is 3. The van der Waals surface area contributed by atoms with E-state index in [1.807, 2.05) is 37.3 Å². The van der Waals surface area contributed by atoms with Gasteiger partial charge in [-0.3, -0.25) is 10.1 Å². The lowest BCUT2D eigenvalue weighted by molar-refractivity contribution is -0.385. The normalized spacial score (nSPS) is 11.6. The molecule has 0 radical (unpaired) electrons. The van der Waals surface area contributed by atoms with Gasteiger partial charge in [0.05, 0.1) is 17.2 Å². The molecule has 0 saturated heterocycles. The number of hydrogen-bond acceptors (Lipinski definition) is 7. The standard InChI is InChI=1S/C20H21N5O3/c1-14(13-26)22-20-23-17(15-7-3-2-4-8-15)11-19(24-20)21-12-16-9-5-6-10-18(16)25(27)28/h2-11,14,26H,12-13H2,1H3,(H2,21,22,23,24)/t14-/m0/s1. The number of anilines is 2. The Morgan fingerprint density at radius 1 is 1.11 bits per heavy atom. The van der Waals surface area contributed by atoms with Crippen molar-refractivity contribution in [2.75, 3.05) is 17.2 Å². The Morgan fingerprint density at radius 3 is 2.54 bits per heavy atom. The van der Waals surface area contributed by atoms with E-state index < -0.39 is 4.92 Å². The fraction of sp³-hybridized carbons (Fsp3) is 0.200. The Labute approximate surface area is 162 Å². The fourth-order valence-electron chi connectivity index (χ4n) is 2.65. The lowest BCUT2D eigenvalue weighted by atomic mass is 10.1. The molecule has 0 aliphatic heterocycles. The Balaban J connectivity index is 1.89. The van der Waals surface area contributed by atoms with E-state index in [1.54, 1.807) is 24.3 Å². The number of hydrogen-bond donors (Lipinski definition) is 3. The van der Waals surface area contributed by atoms with E-state index in [0.717, 1.165) is 5.56 Å². The van der Waals surface area contributed by atoms with Crippen LogP contribution in [0.5, 0.6) is 0 Å². The van der Waals surface area contributed by atoms with Crippen LogP contribution in [0, 0.1) is 10.1 Å². The number of aliphatic hydroxyl groups is 1. The molecule has 0 unspecified atom stereocenters. The first kappa shape index (κ1) is 19.2. The van der Waals surface area contributed by atoms with Crippen LogP contribution in [0.15, 0.2) is 60.7 Å². The van der Waals surface area contributed by atoms with Crippen LogP contribution in [0.25, 0.3) is 11.3 Å². The van der Waals surface area contributed by atoms with Crippen molar-refractivity contribution in [2.45, 2.75) is 19.5 Å². The lowest BCUT2D eigenvalue weighted by Gasteiger charge is -2.14. The number of benzene rings is 2. The summed E-state index contributed by atoms with van der Waals surface area (Å²) < 4.78 is 0. The summed E-state index contributed by atoms with van der Waals surface area (Å²) >= 11 is 0. The molecule has 0 spiro atoms. The molecule has 0 aliphatic rings. The molecule has 1 aromatic heterocycles. The number of rotatable bonds is 8. The van der Waals surface area contributed by atoms with Crippen LogP contribution in [0.1, 0.15) is 12.5 Å². The van der Waals surface area contributed by atoms with Crippen molar-refractivity contribution in [1.29, 1.82) is 0 Å². The third-order valence-corrected chi connectivity index (χ3v) is 4.09. The Hall–Kier alpha value is -3.52. The van der Waals surface area contributed by atoms with Gasteiger partial charge in [0.1, 0.15) is 5.82 Å². The highest BCUT2D eigenvalue weighted by atomic mass is 16.6. The Bertz CT molecular complexity index is 950. The zero-order chi connectivity index (χ0) is 19.9. The van der Waals surface area contributed by atoms with Gasteiger partial charge in [-0.2, -0.15) is 4.98 Å². The van der Waals surface area contributed by atoms with Crippen molar-refractivity contribution in [1.82, 2.24) is 9.97 Å². The number of aliphatic hydroxyl groups excluding tert-OH is 1. The molecule has 1 atom stereocenters. The largest absolute Gasteiger partial charge is 0.394 e. The summed E-state index contributed by atoms with van der Waals surface area (Å²) in [6.07, 6.45) is 0. The predicted molar refractivity (Wildman–Crippen MR) is 108 cm³/mol. The highest BCUT2D eigenvalue weighted by Crippen LogP contribution is 2.23. The number of nitro groups is 1. The van der Waals surface area contributed by atoms with E-state index in [9.17, 15) is 15.2 Å². The second-order valence-corrected chi connectivity index (χ2v) is 6.30. The van der Waals surface area contributed by atoms with Crippen LogP contribution in [0.4, 0.5) is 17.5 Å². The SMILES string of the molecule is C[C@@H](CO)Nc1nc(NCc2ccccc2[N+](=O)[O-])cc(-c2ccccc2)n1. The van der Waals surface area contributed by atoms with Crippen LogP contribution in [0.2, 0.25) is 0 Å². The molecule has 8 nitrogen and oxygen atoms in total. The molecule has 0 fully saturated rings. The quantitative estimate of drug-likeness (QED) is 0.406. The molecule has 0 amide bonds. The average Bonchev–Trinajstić information content (AvgIpc) is 2.72. The summed E-state index contributed by atoms with van der Waals surface area (Å²) in [7, 11) is 0. The second kappa shape index (κ2) is 8.92. The molecule has 0 aliphatic carbocycles. The maximum atomic E-state index is 11.2. The van der Waals surface area contributed by atoms with Gasteiger partial charge in [-0.05, 0) is 6.92 Å². The monoisotopic (exact) mass is 379 g/mol. The second-order valence-electron chi connectivity index (χ2n) is 6.30. The Morgan fingerprint density at radius 2 is 1.82 bits per heavy atom. The lowest BCUT2D eigenvalue weighted by Crippen LogP contribution is -2.21. The van der Waals surface area contributed by atoms with E-state index in [4.69, 9.17) is 0 Å². The summed E-state index contributed by atoms with van der Waals surface area (Å²) in [5.74, 6) is 0.896. The number of para-hydroxylation sites is 1. The van der Waals surface area contributed by atoms with Gasteiger partial charge in [-0.1, -0.05) is 48.5 Å². The van der Waals surface area contributed by atoms with Crippen molar-refractivity contribution in [2.24, 2.45) is 0 Å². The minimum Gasteiger partial charge on any atom is -0.394 e. The van der Waals surface area contributed by atoms with Gasteiger partial charge in [0.15, 0.2) is 0 Å². The summed E-state index contributed by atoms with van der Waals surface area (Å²) in [6, 6.07) is 17.8. The number of nitro benzene ring substituents is 1. The third-order valence-electron chi connectivity index (χ3n) is 4.09. The topological polar surface area (TPSA) is 113 Å². The molecule has 144 valence electrons. The molecule has 3 aromatic rings. The van der Waals surface area contributed by atoms with Gasteiger partial charge in [-0.15, -0.1) is 0 Å². The highest BCUT2D eigenvalue weighted by molar-refractivity contribution is 5.64. The first-order chi connectivity index (χ1) is 13.6. The minimum absolute atomic E-state index is 0.0552. The molecule has 2 aromatic carbocycles. The van der Waals surface area contributed by atoms with Gasteiger partial charge in [0.25, 0.3) is 5.69 Å². The molecule has 0 bridgehead atoms. The van der Waals surface area contributed by atoms with Gasteiger partial charge >= 0.3 is 0 Å². The van der Waals surface area contributed by atoms with Crippen molar-refractivity contribution in [3.63, 3.8) is 0 Å². The van der Waals surface area contributed by atoms with E-state index in [-0.39, 0.29) is 24.9 Å². The first-order valence-corrected chi connectivity index (χ1v) is 8.85. The average molecular weight is 379 g/mol. The van der Waals surface area contributed by atoms with Crippen molar-refractivity contribution in [3.8, 4) is 11.3 Å². The number of nitrogens with one attached hydrogen (secondary N) is 2. The van der Waals surface area contributed by atoms with Gasteiger partial charge in [0, 0.05) is 35.8 Å². The molecule has 3 rings (SSSR count). The molecule has 1 heterocycles. The zero-order valence-electron chi connectivity index (χ0n) is 15.4.